The summed E-state index contributed by atoms with van der Waals surface area (Å²) in [6.45, 7) is 3.84. The van der Waals surface area contributed by atoms with Crippen LogP contribution in [-0.4, -0.2) is 31.9 Å². The van der Waals surface area contributed by atoms with Gasteiger partial charge in [0.15, 0.2) is 0 Å². The lowest BCUT2D eigenvalue weighted by Gasteiger charge is -2.04. The first-order chi connectivity index (χ1) is 13.3. The number of esters is 1. The van der Waals surface area contributed by atoms with Crippen molar-refractivity contribution >= 4 is 5.97 Å². The predicted molar refractivity (Wildman–Crippen MR) is 105 cm³/mol. The van der Waals surface area contributed by atoms with E-state index in [1.54, 1.807) is 12.1 Å². The second-order valence-corrected chi connectivity index (χ2v) is 7.41. The van der Waals surface area contributed by atoms with Crippen molar-refractivity contribution in [3.63, 3.8) is 0 Å². The van der Waals surface area contributed by atoms with E-state index < -0.39 is 5.97 Å². The quantitative estimate of drug-likeness (QED) is 0.191. The van der Waals surface area contributed by atoms with Crippen molar-refractivity contribution in [2.45, 2.75) is 90.1 Å². The Morgan fingerprint density at radius 2 is 1.56 bits per heavy atom. The Balaban J connectivity index is 1.38. The number of carbonyl (C=O) groups excluding carboxylic acids is 1. The van der Waals surface area contributed by atoms with Gasteiger partial charge in [0.2, 0.25) is 5.76 Å². The third-order valence-corrected chi connectivity index (χ3v) is 4.83. The molecule has 1 aliphatic rings. The first-order valence-corrected chi connectivity index (χ1v) is 10.8. The number of ether oxygens (including phenoxy) is 3. The van der Waals surface area contributed by atoms with Gasteiger partial charge in [-0.1, -0.05) is 77.6 Å². The van der Waals surface area contributed by atoms with Crippen LogP contribution in [-0.2, 0) is 9.47 Å². The van der Waals surface area contributed by atoms with E-state index in [0.717, 1.165) is 6.42 Å². The van der Waals surface area contributed by atoms with Crippen LogP contribution in [0.1, 0.15) is 94.5 Å². The summed E-state index contributed by atoms with van der Waals surface area (Å²) in [6.07, 6.45) is 15.9. The van der Waals surface area contributed by atoms with Crippen molar-refractivity contribution < 1.29 is 23.4 Å². The monoisotopic (exact) mass is 380 g/mol. The van der Waals surface area contributed by atoms with Gasteiger partial charge in [-0.2, -0.15) is 0 Å². The molecule has 0 aromatic carbocycles. The maximum absolute atomic E-state index is 11.8. The summed E-state index contributed by atoms with van der Waals surface area (Å²) in [5.41, 5.74) is 0. The number of rotatable bonds is 17. The number of hydrogen-bond donors (Lipinski definition) is 0. The molecule has 27 heavy (non-hydrogen) atoms. The zero-order chi connectivity index (χ0) is 19.2. The molecule has 0 saturated carbocycles. The highest BCUT2D eigenvalue weighted by molar-refractivity contribution is 5.86. The third-order valence-electron chi connectivity index (χ3n) is 4.83. The Bertz CT molecular complexity index is 507. The number of carbonyl (C=O) groups is 1. The molecule has 1 aromatic rings. The average molecular weight is 381 g/mol. The average Bonchev–Trinajstić information content (AvgIpc) is 3.39. The minimum Gasteiger partial charge on any atom is -0.465 e. The standard InChI is InChI=1S/C22H36O5/c1-2-3-4-5-6-7-8-9-10-11-12-13-16-24-21-15-14-20(27-21)22(23)26-18-19-17-25-19/h14-15,19H,2-13,16-18H2,1H3. The molecule has 1 aliphatic heterocycles. The van der Waals surface area contributed by atoms with Crippen LogP contribution in [0.4, 0.5) is 0 Å². The van der Waals surface area contributed by atoms with Crippen molar-refractivity contribution in [1.29, 1.82) is 0 Å². The molecule has 154 valence electrons. The Morgan fingerprint density at radius 3 is 2.15 bits per heavy atom. The molecule has 2 heterocycles. The molecule has 0 radical (unpaired) electrons. The van der Waals surface area contributed by atoms with Crippen molar-refractivity contribution in [2.24, 2.45) is 0 Å². The largest absolute Gasteiger partial charge is 0.465 e. The number of epoxide rings is 1. The first kappa shape index (κ1) is 21.8. The van der Waals surface area contributed by atoms with E-state index in [1.807, 2.05) is 0 Å². The molecule has 5 heteroatoms. The molecule has 0 amide bonds. The number of unbranched alkanes of at least 4 members (excludes halogenated alkanes) is 11. The van der Waals surface area contributed by atoms with Crippen LogP contribution < -0.4 is 4.74 Å². The molecule has 0 bridgehead atoms. The Labute approximate surface area is 163 Å². The van der Waals surface area contributed by atoms with Crippen LogP contribution in [0.15, 0.2) is 16.5 Å². The molecule has 1 atom stereocenters. The van der Waals surface area contributed by atoms with Crippen molar-refractivity contribution in [2.75, 3.05) is 19.8 Å². The minimum atomic E-state index is -0.467. The Morgan fingerprint density at radius 1 is 0.963 bits per heavy atom. The van der Waals surface area contributed by atoms with Crippen LogP contribution in [0.25, 0.3) is 0 Å². The topological polar surface area (TPSA) is 61.2 Å². The smallest absolute Gasteiger partial charge is 0.374 e. The summed E-state index contributed by atoms with van der Waals surface area (Å²) < 4.78 is 21.0. The Hall–Kier alpha value is -1.49. The SMILES string of the molecule is CCCCCCCCCCCCCCOc1ccc(C(=O)OCC2CO2)o1. The molecule has 1 unspecified atom stereocenters. The van der Waals surface area contributed by atoms with Crippen LogP contribution >= 0.6 is 0 Å². The van der Waals surface area contributed by atoms with Gasteiger partial charge in [-0.25, -0.2) is 4.79 Å². The summed E-state index contributed by atoms with van der Waals surface area (Å²) in [5, 5.41) is 0. The van der Waals surface area contributed by atoms with E-state index in [4.69, 9.17) is 18.6 Å². The summed E-state index contributed by atoms with van der Waals surface area (Å²) >= 11 is 0. The number of hydrogen-bond acceptors (Lipinski definition) is 5. The van der Waals surface area contributed by atoms with Crippen LogP contribution in [0.3, 0.4) is 0 Å². The van der Waals surface area contributed by atoms with Crippen molar-refractivity contribution in [3.05, 3.63) is 17.9 Å². The van der Waals surface area contributed by atoms with Gasteiger partial charge in [-0.05, 0) is 12.5 Å². The van der Waals surface area contributed by atoms with E-state index in [0.29, 0.717) is 19.2 Å². The minimum absolute atomic E-state index is 0.0606. The van der Waals surface area contributed by atoms with Crippen LogP contribution in [0, 0.1) is 0 Å². The lowest BCUT2D eigenvalue weighted by Crippen LogP contribution is -2.09. The molecule has 1 aromatic heterocycles. The second-order valence-electron chi connectivity index (χ2n) is 7.41. The maximum atomic E-state index is 11.8. The van der Waals surface area contributed by atoms with Crippen molar-refractivity contribution in [3.8, 4) is 5.95 Å². The molecule has 1 fully saturated rings. The van der Waals surface area contributed by atoms with Crippen LogP contribution in [0.5, 0.6) is 5.95 Å². The normalized spacial score (nSPS) is 15.7. The lowest BCUT2D eigenvalue weighted by atomic mass is 10.1. The zero-order valence-corrected chi connectivity index (χ0v) is 16.9. The van der Waals surface area contributed by atoms with Gasteiger partial charge in [0.05, 0.1) is 13.2 Å². The predicted octanol–water partition coefficient (Wildman–Crippen LogP) is 5.92. The molecule has 0 spiro atoms. The fourth-order valence-corrected chi connectivity index (χ4v) is 3.03. The van der Waals surface area contributed by atoms with Gasteiger partial charge >= 0.3 is 5.97 Å². The fourth-order valence-electron chi connectivity index (χ4n) is 3.03. The van der Waals surface area contributed by atoms with Gasteiger partial charge in [0, 0.05) is 6.07 Å². The van der Waals surface area contributed by atoms with E-state index in [-0.39, 0.29) is 18.5 Å². The molecule has 5 nitrogen and oxygen atoms in total. The summed E-state index contributed by atoms with van der Waals surface area (Å²) in [7, 11) is 0. The summed E-state index contributed by atoms with van der Waals surface area (Å²) in [4.78, 5) is 11.8. The highest BCUT2D eigenvalue weighted by Gasteiger charge is 2.25. The molecule has 0 N–H and O–H groups in total. The van der Waals surface area contributed by atoms with Gasteiger partial charge in [0.25, 0.3) is 5.95 Å². The summed E-state index contributed by atoms with van der Waals surface area (Å²) in [5.74, 6) is 0.0961. The highest BCUT2D eigenvalue weighted by atomic mass is 16.6. The van der Waals surface area contributed by atoms with E-state index in [9.17, 15) is 4.79 Å². The van der Waals surface area contributed by atoms with Gasteiger partial charge < -0.3 is 18.6 Å². The van der Waals surface area contributed by atoms with Crippen molar-refractivity contribution in [1.82, 2.24) is 0 Å². The highest BCUT2D eigenvalue weighted by Crippen LogP contribution is 2.18. The molecule has 1 saturated heterocycles. The molecule has 0 aliphatic carbocycles. The first-order valence-electron chi connectivity index (χ1n) is 10.8. The molecule has 2 rings (SSSR count). The zero-order valence-electron chi connectivity index (χ0n) is 16.9. The van der Waals surface area contributed by atoms with Gasteiger partial charge in [0.1, 0.15) is 12.7 Å². The fraction of sp³-hybridized carbons (Fsp3) is 0.773. The Kier molecular flexibility index (Phi) is 11.0. The van der Waals surface area contributed by atoms with Gasteiger partial charge in [-0.3, -0.25) is 0 Å². The maximum Gasteiger partial charge on any atom is 0.374 e. The van der Waals surface area contributed by atoms with E-state index >= 15 is 0 Å². The van der Waals surface area contributed by atoms with Crippen LogP contribution in [0.2, 0.25) is 0 Å². The molecular weight excluding hydrogens is 344 g/mol. The van der Waals surface area contributed by atoms with E-state index in [1.165, 1.54) is 70.6 Å². The second kappa shape index (κ2) is 13.6. The summed E-state index contributed by atoms with van der Waals surface area (Å²) in [6, 6.07) is 3.26. The molecular formula is C22H36O5. The van der Waals surface area contributed by atoms with Gasteiger partial charge in [-0.15, -0.1) is 0 Å². The third kappa shape index (κ3) is 10.4. The number of furan rings is 1. The van der Waals surface area contributed by atoms with E-state index in [2.05, 4.69) is 6.92 Å². The lowest BCUT2D eigenvalue weighted by molar-refractivity contribution is 0.0433.